The molecule has 1 aromatic rings. The maximum Gasteiger partial charge on any atom is 0.324 e. The van der Waals surface area contributed by atoms with Gasteiger partial charge in [0.15, 0.2) is 5.60 Å². The zero-order valence-electron chi connectivity index (χ0n) is 11.6. The van der Waals surface area contributed by atoms with Crippen LogP contribution in [0.4, 0.5) is 5.95 Å². The summed E-state index contributed by atoms with van der Waals surface area (Å²) in [5.74, 6) is -0.181. The first-order valence-corrected chi connectivity index (χ1v) is 6.01. The van der Waals surface area contributed by atoms with E-state index in [2.05, 4.69) is 15.0 Å². The van der Waals surface area contributed by atoms with Gasteiger partial charge in [0, 0.05) is 6.54 Å². The van der Waals surface area contributed by atoms with E-state index in [4.69, 9.17) is 19.9 Å². The van der Waals surface area contributed by atoms with Crippen LogP contribution in [-0.4, -0.2) is 60.4 Å². The number of hydrogen-bond acceptors (Lipinski definition) is 8. The van der Waals surface area contributed by atoms with E-state index in [1.807, 2.05) is 0 Å². The molecule has 1 amide bonds. The molecule has 0 saturated carbocycles. The SMILES string of the molecule is COc1nc(OC)nc(N2CCOC(C)(C(N)=O)C2)n1. The third kappa shape index (κ3) is 2.72. The van der Waals surface area contributed by atoms with Gasteiger partial charge in [-0.1, -0.05) is 0 Å². The average molecular weight is 283 g/mol. The fraction of sp³-hybridized carbons (Fsp3) is 0.636. The van der Waals surface area contributed by atoms with Crippen LogP contribution in [0.5, 0.6) is 12.0 Å². The molecule has 1 aliphatic rings. The molecule has 20 heavy (non-hydrogen) atoms. The predicted octanol–water partition coefficient (Wildman–Crippen LogP) is -1.03. The molecule has 0 aromatic carbocycles. The lowest BCUT2D eigenvalue weighted by Crippen LogP contribution is -2.57. The van der Waals surface area contributed by atoms with Crippen LogP contribution in [0.15, 0.2) is 0 Å². The summed E-state index contributed by atoms with van der Waals surface area (Å²) >= 11 is 0. The molecule has 1 atom stereocenters. The van der Waals surface area contributed by atoms with E-state index in [0.717, 1.165) is 0 Å². The fourth-order valence-corrected chi connectivity index (χ4v) is 1.84. The Labute approximate surface area is 116 Å². The number of rotatable bonds is 4. The van der Waals surface area contributed by atoms with Gasteiger partial charge in [0.2, 0.25) is 5.95 Å². The summed E-state index contributed by atoms with van der Waals surface area (Å²) in [4.78, 5) is 25.5. The Morgan fingerprint density at radius 1 is 1.30 bits per heavy atom. The van der Waals surface area contributed by atoms with Crippen molar-refractivity contribution in [2.24, 2.45) is 5.73 Å². The zero-order chi connectivity index (χ0) is 14.8. The van der Waals surface area contributed by atoms with E-state index < -0.39 is 11.5 Å². The van der Waals surface area contributed by atoms with Gasteiger partial charge in [-0.05, 0) is 6.92 Å². The number of morpholine rings is 1. The van der Waals surface area contributed by atoms with Gasteiger partial charge in [0.1, 0.15) is 0 Å². The molecular formula is C11H17N5O4. The summed E-state index contributed by atoms with van der Waals surface area (Å²) in [5, 5.41) is 0. The molecule has 2 rings (SSSR count). The highest BCUT2D eigenvalue weighted by atomic mass is 16.5. The van der Waals surface area contributed by atoms with E-state index in [1.165, 1.54) is 14.2 Å². The van der Waals surface area contributed by atoms with Crippen LogP contribution in [0, 0.1) is 0 Å². The quantitative estimate of drug-likeness (QED) is 0.746. The van der Waals surface area contributed by atoms with Crippen molar-refractivity contribution in [1.29, 1.82) is 0 Å². The second-order valence-electron chi connectivity index (χ2n) is 4.47. The molecule has 0 radical (unpaired) electrons. The Balaban J connectivity index is 2.29. The highest BCUT2D eigenvalue weighted by molar-refractivity contribution is 5.84. The van der Waals surface area contributed by atoms with E-state index in [0.29, 0.717) is 19.1 Å². The van der Waals surface area contributed by atoms with Crippen LogP contribution in [0.2, 0.25) is 0 Å². The van der Waals surface area contributed by atoms with Gasteiger partial charge in [-0.3, -0.25) is 4.79 Å². The number of nitrogens with zero attached hydrogens (tertiary/aromatic N) is 4. The van der Waals surface area contributed by atoms with Gasteiger partial charge in [-0.2, -0.15) is 9.97 Å². The lowest BCUT2D eigenvalue weighted by atomic mass is 10.0. The number of carbonyl (C=O) groups is 1. The Morgan fingerprint density at radius 3 is 2.40 bits per heavy atom. The van der Waals surface area contributed by atoms with Crippen molar-refractivity contribution in [1.82, 2.24) is 15.0 Å². The topological polar surface area (TPSA) is 113 Å². The molecule has 1 aliphatic heterocycles. The zero-order valence-corrected chi connectivity index (χ0v) is 11.6. The van der Waals surface area contributed by atoms with Crippen molar-refractivity contribution in [3.63, 3.8) is 0 Å². The van der Waals surface area contributed by atoms with Crippen molar-refractivity contribution in [2.75, 3.05) is 38.8 Å². The molecule has 1 aromatic heterocycles. The maximum atomic E-state index is 11.5. The first-order chi connectivity index (χ1) is 9.48. The largest absolute Gasteiger partial charge is 0.467 e. The highest BCUT2D eigenvalue weighted by Gasteiger charge is 2.38. The number of hydrogen-bond donors (Lipinski definition) is 1. The van der Waals surface area contributed by atoms with Gasteiger partial charge in [0.25, 0.3) is 5.91 Å². The van der Waals surface area contributed by atoms with Crippen molar-refractivity contribution in [2.45, 2.75) is 12.5 Å². The highest BCUT2D eigenvalue weighted by Crippen LogP contribution is 2.23. The lowest BCUT2D eigenvalue weighted by molar-refractivity contribution is -0.142. The molecule has 0 bridgehead atoms. The van der Waals surface area contributed by atoms with Gasteiger partial charge in [-0.15, -0.1) is 4.98 Å². The molecule has 9 nitrogen and oxygen atoms in total. The number of amides is 1. The molecule has 1 saturated heterocycles. The van der Waals surface area contributed by atoms with Crippen molar-refractivity contribution in [3.05, 3.63) is 0 Å². The van der Waals surface area contributed by atoms with Crippen LogP contribution in [-0.2, 0) is 9.53 Å². The third-order valence-corrected chi connectivity index (χ3v) is 3.03. The van der Waals surface area contributed by atoms with E-state index >= 15 is 0 Å². The van der Waals surface area contributed by atoms with Gasteiger partial charge < -0.3 is 24.8 Å². The molecule has 0 spiro atoms. The van der Waals surface area contributed by atoms with Crippen molar-refractivity contribution >= 4 is 11.9 Å². The smallest absolute Gasteiger partial charge is 0.324 e. The number of anilines is 1. The number of nitrogens with two attached hydrogens (primary N) is 1. The summed E-state index contributed by atoms with van der Waals surface area (Å²) in [6, 6.07) is 0.276. The summed E-state index contributed by atoms with van der Waals surface area (Å²) in [5.41, 5.74) is 4.28. The van der Waals surface area contributed by atoms with Crippen LogP contribution in [0.1, 0.15) is 6.92 Å². The maximum absolute atomic E-state index is 11.5. The Bertz CT molecular complexity index is 489. The summed E-state index contributed by atoms with van der Waals surface area (Å²) in [6.07, 6.45) is 0. The molecule has 2 N–H and O–H groups in total. The number of primary amides is 1. The van der Waals surface area contributed by atoms with E-state index in [-0.39, 0.29) is 18.6 Å². The van der Waals surface area contributed by atoms with Gasteiger partial charge in [0.05, 0.1) is 27.4 Å². The van der Waals surface area contributed by atoms with Gasteiger partial charge >= 0.3 is 12.0 Å². The summed E-state index contributed by atoms with van der Waals surface area (Å²) < 4.78 is 15.4. The third-order valence-electron chi connectivity index (χ3n) is 3.03. The second-order valence-corrected chi connectivity index (χ2v) is 4.47. The molecule has 9 heteroatoms. The number of ether oxygens (including phenoxy) is 3. The monoisotopic (exact) mass is 283 g/mol. The summed E-state index contributed by atoms with van der Waals surface area (Å²) in [7, 11) is 2.90. The molecule has 2 heterocycles. The molecule has 1 fully saturated rings. The molecule has 1 unspecified atom stereocenters. The standard InChI is InChI=1S/C11H17N5O4/c1-11(7(12)17)6-16(4-5-20-11)8-13-9(18-2)15-10(14-8)19-3/h4-6H2,1-3H3,(H2,12,17). The van der Waals surface area contributed by atoms with Crippen molar-refractivity contribution in [3.8, 4) is 12.0 Å². The minimum atomic E-state index is -1.08. The van der Waals surface area contributed by atoms with Crippen LogP contribution < -0.4 is 20.1 Å². The Kier molecular flexibility index (Phi) is 3.89. The summed E-state index contributed by atoms with van der Waals surface area (Å²) in [6.45, 7) is 2.75. The Morgan fingerprint density at radius 2 is 1.90 bits per heavy atom. The number of methoxy groups -OCH3 is 2. The minimum Gasteiger partial charge on any atom is -0.467 e. The molecule has 0 aliphatic carbocycles. The average Bonchev–Trinajstić information content (AvgIpc) is 2.46. The van der Waals surface area contributed by atoms with Crippen LogP contribution in [0.25, 0.3) is 0 Å². The lowest BCUT2D eigenvalue weighted by Gasteiger charge is -2.38. The van der Waals surface area contributed by atoms with Gasteiger partial charge in [-0.25, -0.2) is 0 Å². The first kappa shape index (κ1) is 14.3. The number of aromatic nitrogens is 3. The second kappa shape index (κ2) is 5.45. The Hall–Kier alpha value is -2.16. The van der Waals surface area contributed by atoms with Crippen LogP contribution in [0.3, 0.4) is 0 Å². The molecule has 110 valence electrons. The number of carbonyl (C=O) groups excluding carboxylic acids is 1. The van der Waals surface area contributed by atoms with E-state index in [1.54, 1.807) is 11.8 Å². The van der Waals surface area contributed by atoms with Crippen LogP contribution >= 0.6 is 0 Å². The first-order valence-electron chi connectivity index (χ1n) is 6.01. The minimum absolute atomic E-state index is 0.138. The van der Waals surface area contributed by atoms with Crippen molar-refractivity contribution < 1.29 is 19.0 Å². The predicted molar refractivity (Wildman–Crippen MR) is 68.7 cm³/mol. The fourth-order valence-electron chi connectivity index (χ4n) is 1.84. The van der Waals surface area contributed by atoms with E-state index in [9.17, 15) is 4.79 Å². The normalized spacial score (nSPS) is 22.4. The molecular weight excluding hydrogens is 266 g/mol.